The van der Waals surface area contributed by atoms with Crippen LogP contribution in [0.3, 0.4) is 0 Å². The molecular weight excluding hydrogens is 352 g/mol. The molecule has 4 rings (SSSR count). The summed E-state index contributed by atoms with van der Waals surface area (Å²) in [5.41, 5.74) is 3.20. The number of H-pyrrole nitrogens is 1. The summed E-state index contributed by atoms with van der Waals surface area (Å²) in [6.07, 6.45) is 5.61. The number of hydrogen-bond donors (Lipinski definition) is 3. The summed E-state index contributed by atoms with van der Waals surface area (Å²) in [7, 11) is 0. The van der Waals surface area contributed by atoms with Crippen LogP contribution in [0.15, 0.2) is 36.5 Å². The molecular formula is C21H26N6O. The summed E-state index contributed by atoms with van der Waals surface area (Å²) in [6.45, 7) is 5.72. The van der Waals surface area contributed by atoms with Gasteiger partial charge in [-0.2, -0.15) is 5.10 Å². The predicted molar refractivity (Wildman–Crippen MR) is 111 cm³/mol. The predicted octanol–water partition coefficient (Wildman–Crippen LogP) is 3.23. The van der Waals surface area contributed by atoms with Crippen LogP contribution >= 0.6 is 0 Å². The number of aromatic amines is 1. The van der Waals surface area contributed by atoms with E-state index in [1.807, 2.05) is 37.3 Å². The van der Waals surface area contributed by atoms with Gasteiger partial charge in [-0.15, -0.1) is 0 Å². The maximum Gasteiger partial charge on any atom is 0.255 e. The number of aromatic nitrogens is 3. The Labute approximate surface area is 164 Å². The Kier molecular flexibility index (Phi) is 5.53. The number of aryl methyl sites for hydroxylation is 1. The first kappa shape index (κ1) is 18.4. The minimum Gasteiger partial charge on any atom is -0.351 e. The molecule has 1 saturated heterocycles. The lowest BCUT2D eigenvalue weighted by Gasteiger charge is -2.26. The zero-order chi connectivity index (χ0) is 19.3. The van der Waals surface area contributed by atoms with Crippen LogP contribution < -0.4 is 10.6 Å². The number of carbonyl (C=O) groups excluding carboxylic acids is 1. The molecule has 3 heterocycles. The number of anilines is 2. The van der Waals surface area contributed by atoms with Crippen LogP contribution in [-0.4, -0.2) is 52.2 Å². The molecule has 28 heavy (non-hydrogen) atoms. The van der Waals surface area contributed by atoms with Crippen LogP contribution in [0.25, 0.3) is 10.9 Å². The van der Waals surface area contributed by atoms with E-state index in [2.05, 4.69) is 30.7 Å². The molecule has 0 atom stereocenters. The first-order valence-corrected chi connectivity index (χ1v) is 9.87. The molecule has 1 aliphatic rings. The summed E-state index contributed by atoms with van der Waals surface area (Å²) in [5.74, 6) is 0.462. The van der Waals surface area contributed by atoms with Crippen LogP contribution in [-0.2, 0) is 0 Å². The van der Waals surface area contributed by atoms with E-state index in [4.69, 9.17) is 0 Å². The highest BCUT2D eigenvalue weighted by Gasteiger charge is 2.15. The third-order valence-electron chi connectivity index (χ3n) is 5.15. The molecule has 146 valence electrons. The van der Waals surface area contributed by atoms with Crippen molar-refractivity contribution in [3.05, 3.63) is 47.8 Å². The van der Waals surface area contributed by atoms with Crippen LogP contribution in [0.1, 0.15) is 35.3 Å². The van der Waals surface area contributed by atoms with Gasteiger partial charge in [-0.1, -0.05) is 6.42 Å². The molecule has 7 nitrogen and oxygen atoms in total. The average molecular weight is 378 g/mol. The van der Waals surface area contributed by atoms with Crippen molar-refractivity contribution in [1.29, 1.82) is 0 Å². The van der Waals surface area contributed by atoms with E-state index < -0.39 is 0 Å². The first-order valence-electron chi connectivity index (χ1n) is 9.87. The van der Waals surface area contributed by atoms with Gasteiger partial charge in [-0.05, 0) is 63.2 Å². The smallest absolute Gasteiger partial charge is 0.255 e. The second-order valence-electron chi connectivity index (χ2n) is 7.30. The van der Waals surface area contributed by atoms with Gasteiger partial charge >= 0.3 is 0 Å². The van der Waals surface area contributed by atoms with Gasteiger partial charge in [0.15, 0.2) is 0 Å². The maximum absolute atomic E-state index is 12.8. The third kappa shape index (κ3) is 4.31. The van der Waals surface area contributed by atoms with Crippen molar-refractivity contribution in [2.45, 2.75) is 26.2 Å². The molecule has 0 unspecified atom stereocenters. The lowest BCUT2D eigenvalue weighted by Crippen LogP contribution is -2.37. The zero-order valence-corrected chi connectivity index (χ0v) is 16.2. The van der Waals surface area contributed by atoms with E-state index in [-0.39, 0.29) is 5.91 Å². The number of likely N-dealkylation sites (tertiary alicyclic amines) is 1. The van der Waals surface area contributed by atoms with Crippen molar-refractivity contribution < 1.29 is 4.79 Å². The molecule has 3 N–H and O–H groups in total. The van der Waals surface area contributed by atoms with Crippen molar-refractivity contribution in [2.24, 2.45) is 0 Å². The molecule has 0 saturated carbocycles. The minimum absolute atomic E-state index is 0.102. The first-order chi connectivity index (χ1) is 13.7. The fourth-order valence-electron chi connectivity index (χ4n) is 3.59. The van der Waals surface area contributed by atoms with E-state index in [1.165, 1.54) is 19.3 Å². The van der Waals surface area contributed by atoms with Gasteiger partial charge in [0.05, 0.1) is 17.3 Å². The molecule has 7 heteroatoms. The molecule has 0 bridgehead atoms. The monoisotopic (exact) mass is 378 g/mol. The van der Waals surface area contributed by atoms with Gasteiger partial charge in [0, 0.05) is 29.9 Å². The highest BCUT2D eigenvalue weighted by molar-refractivity contribution is 5.99. The highest BCUT2D eigenvalue weighted by Crippen LogP contribution is 2.22. The molecule has 3 aromatic rings. The van der Waals surface area contributed by atoms with Crippen LogP contribution in [0.2, 0.25) is 0 Å². The highest BCUT2D eigenvalue weighted by atomic mass is 16.1. The third-order valence-corrected chi connectivity index (χ3v) is 5.15. The van der Waals surface area contributed by atoms with Gasteiger partial charge in [-0.25, -0.2) is 4.98 Å². The summed E-state index contributed by atoms with van der Waals surface area (Å²) in [6, 6.07) is 9.60. The van der Waals surface area contributed by atoms with E-state index in [0.717, 1.165) is 41.9 Å². The normalized spacial score (nSPS) is 14.9. The summed E-state index contributed by atoms with van der Waals surface area (Å²) in [4.78, 5) is 19.7. The van der Waals surface area contributed by atoms with E-state index in [9.17, 15) is 4.79 Å². The Morgan fingerprint density at radius 1 is 1.18 bits per heavy atom. The number of fused-ring (bicyclic) bond motifs is 1. The standard InChI is InChI=1S/C21H26N6O/c1-15-5-8-18(21(28)22-9-12-27-10-3-2-4-11-27)20(24-15)25-17-7-6-16-14-23-26-19(16)13-17/h5-8,13-14H,2-4,9-12H2,1H3,(H,22,28)(H,23,26)(H,24,25). The summed E-state index contributed by atoms with van der Waals surface area (Å²) in [5, 5.41) is 14.4. The Bertz CT molecular complexity index is 960. The quantitative estimate of drug-likeness (QED) is 0.613. The van der Waals surface area contributed by atoms with Gasteiger partial charge < -0.3 is 15.5 Å². The summed E-state index contributed by atoms with van der Waals surface area (Å²) >= 11 is 0. The zero-order valence-electron chi connectivity index (χ0n) is 16.2. The number of carbonyl (C=O) groups is 1. The number of rotatable bonds is 6. The lowest BCUT2D eigenvalue weighted by atomic mass is 10.1. The van der Waals surface area contributed by atoms with Gasteiger partial charge in [0.25, 0.3) is 5.91 Å². The van der Waals surface area contributed by atoms with Crippen LogP contribution in [0.4, 0.5) is 11.5 Å². The molecule has 0 aliphatic carbocycles. The van der Waals surface area contributed by atoms with Gasteiger partial charge in [0.2, 0.25) is 0 Å². The largest absolute Gasteiger partial charge is 0.351 e. The topological polar surface area (TPSA) is 85.9 Å². The van der Waals surface area contributed by atoms with Crippen molar-refractivity contribution in [1.82, 2.24) is 25.4 Å². The molecule has 0 spiro atoms. The number of hydrogen-bond acceptors (Lipinski definition) is 5. The van der Waals surface area contributed by atoms with Gasteiger partial charge in [0.1, 0.15) is 5.82 Å². The van der Waals surface area contributed by atoms with Crippen LogP contribution in [0.5, 0.6) is 0 Å². The lowest BCUT2D eigenvalue weighted by molar-refractivity contribution is 0.0947. The fraction of sp³-hybridized carbons (Fsp3) is 0.381. The number of pyridine rings is 1. The Balaban J connectivity index is 1.45. The van der Waals surface area contributed by atoms with E-state index in [0.29, 0.717) is 17.9 Å². The molecule has 1 aromatic carbocycles. The number of piperidine rings is 1. The van der Waals surface area contributed by atoms with Crippen molar-refractivity contribution in [3.63, 3.8) is 0 Å². The van der Waals surface area contributed by atoms with Crippen molar-refractivity contribution in [3.8, 4) is 0 Å². The number of amides is 1. The molecule has 2 aromatic heterocycles. The van der Waals surface area contributed by atoms with E-state index in [1.54, 1.807) is 6.20 Å². The second kappa shape index (κ2) is 8.39. The molecule has 1 aliphatic heterocycles. The van der Waals surface area contributed by atoms with E-state index >= 15 is 0 Å². The number of benzene rings is 1. The van der Waals surface area contributed by atoms with Crippen molar-refractivity contribution in [2.75, 3.05) is 31.5 Å². The summed E-state index contributed by atoms with van der Waals surface area (Å²) < 4.78 is 0. The van der Waals surface area contributed by atoms with Crippen LogP contribution in [0, 0.1) is 6.92 Å². The minimum atomic E-state index is -0.102. The average Bonchev–Trinajstić information content (AvgIpc) is 3.17. The number of nitrogens with zero attached hydrogens (tertiary/aromatic N) is 3. The fourth-order valence-corrected chi connectivity index (χ4v) is 3.59. The second-order valence-corrected chi connectivity index (χ2v) is 7.30. The SMILES string of the molecule is Cc1ccc(C(=O)NCCN2CCCCC2)c(Nc2ccc3cn[nH]c3c2)n1. The molecule has 1 amide bonds. The molecule has 1 fully saturated rings. The Morgan fingerprint density at radius 2 is 2.04 bits per heavy atom. The Hall–Kier alpha value is -2.93. The Morgan fingerprint density at radius 3 is 2.89 bits per heavy atom. The van der Waals surface area contributed by atoms with Crippen molar-refractivity contribution >= 4 is 28.3 Å². The molecule has 0 radical (unpaired) electrons. The number of nitrogens with one attached hydrogen (secondary N) is 3. The van der Waals surface area contributed by atoms with Gasteiger partial charge in [-0.3, -0.25) is 9.89 Å². The maximum atomic E-state index is 12.8.